The third kappa shape index (κ3) is 2.31. The predicted molar refractivity (Wildman–Crippen MR) is 92.0 cm³/mol. The first-order chi connectivity index (χ1) is 12.1. The molecule has 2 aromatic carbocycles. The Balaban J connectivity index is 2.10. The van der Waals surface area contributed by atoms with E-state index in [-0.39, 0.29) is 16.0 Å². The van der Waals surface area contributed by atoms with Crippen molar-refractivity contribution in [3.8, 4) is 17.2 Å². The van der Waals surface area contributed by atoms with E-state index in [2.05, 4.69) is 9.97 Å². The second-order valence-corrected chi connectivity index (χ2v) is 6.29. The van der Waals surface area contributed by atoms with E-state index in [1.54, 1.807) is 30.5 Å². The number of pyridine rings is 1. The molecule has 0 radical (unpaired) electrons. The number of nitriles is 1. The first kappa shape index (κ1) is 15.2. The Morgan fingerprint density at radius 1 is 1.20 bits per heavy atom. The Bertz CT molecular complexity index is 1210. The smallest absolute Gasteiger partial charge is 0.365 e. The average Bonchev–Trinajstić information content (AvgIpc) is 3.06. The molecule has 2 heterocycles. The number of hydrogen-bond donors (Lipinski definition) is 1. The number of carbonyl (C=O) groups is 1. The summed E-state index contributed by atoms with van der Waals surface area (Å²) < 4.78 is 15.0. The number of aromatic carboxylic acids is 1. The van der Waals surface area contributed by atoms with E-state index < -0.39 is 11.8 Å². The normalized spacial score (nSPS) is 10.9. The van der Waals surface area contributed by atoms with E-state index in [1.165, 1.54) is 12.3 Å². The molecule has 0 atom stereocenters. The number of benzene rings is 2. The van der Waals surface area contributed by atoms with Crippen LogP contribution in [0.15, 0.2) is 42.7 Å². The van der Waals surface area contributed by atoms with E-state index in [0.717, 1.165) is 11.3 Å². The number of hydrogen-bond acceptors (Lipinski definition) is 5. The quantitative estimate of drug-likeness (QED) is 0.585. The van der Waals surface area contributed by atoms with Crippen LogP contribution in [0.25, 0.3) is 32.1 Å². The van der Waals surface area contributed by atoms with Crippen LogP contribution in [0.4, 0.5) is 4.39 Å². The highest BCUT2D eigenvalue weighted by atomic mass is 32.1. The lowest BCUT2D eigenvalue weighted by atomic mass is 9.96. The molecule has 0 unspecified atom stereocenters. The minimum Gasteiger partial charge on any atom is -0.476 e. The van der Waals surface area contributed by atoms with E-state index in [4.69, 9.17) is 5.11 Å². The molecule has 0 saturated heterocycles. The molecule has 4 aromatic rings. The van der Waals surface area contributed by atoms with Gasteiger partial charge in [-0.2, -0.15) is 5.26 Å². The third-order valence-corrected chi connectivity index (χ3v) is 4.97. The molecule has 0 spiro atoms. The summed E-state index contributed by atoms with van der Waals surface area (Å²) in [6.07, 6.45) is 3.09. The average molecular weight is 349 g/mol. The minimum atomic E-state index is -1.11. The second kappa shape index (κ2) is 5.61. The summed E-state index contributed by atoms with van der Waals surface area (Å²) in [5, 5.41) is 19.2. The molecule has 0 aliphatic carbocycles. The van der Waals surface area contributed by atoms with Gasteiger partial charge in [0, 0.05) is 17.1 Å². The third-order valence-electron chi connectivity index (χ3n) is 3.88. The Morgan fingerprint density at radius 2 is 2.04 bits per heavy atom. The highest BCUT2D eigenvalue weighted by molar-refractivity contribution is 7.20. The van der Waals surface area contributed by atoms with Crippen LogP contribution in [0.2, 0.25) is 0 Å². The van der Waals surface area contributed by atoms with Crippen molar-refractivity contribution in [3.63, 3.8) is 0 Å². The largest absolute Gasteiger partial charge is 0.476 e. The highest BCUT2D eigenvalue weighted by Crippen LogP contribution is 2.37. The fraction of sp³-hybridized carbons (Fsp3) is 0. The maximum atomic E-state index is 14.3. The summed E-state index contributed by atoms with van der Waals surface area (Å²) >= 11 is 1.04. The molecule has 0 fully saturated rings. The van der Waals surface area contributed by atoms with E-state index in [1.807, 2.05) is 6.07 Å². The maximum Gasteiger partial charge on any atom is 0.365 e. The fourth-order valence-corrected chi connectivity index (χ4v) is 3.73. The highest BCUT2D eigenvalue weighted by Gasteiger charge is 2.17. The number of halogens is 1. The van der Waals surface area contributed by atoms with Gasteiger partial charge in [0.25, 0.3) is 0 Å². The zero-order valence-corrected chi connectivity index (χ0v) is 13.3. The van der Waals surface area contributed by atoms with Crippen molar-refractivity contribution in [1.82, 2.24) is 9.97 Å². The zero-order valence-electron chi connectivity index (χ0n) is 12.5. The van der Waals surface area contributed by atoms with Gasteiger partial charge in [-0.25, -0.2) is 14.2 Å². The first-order valence-electron chi connectivity index (χ1n) is 7.19. The van der Waals surface area contributed by atoms with Crippen molar-refractivity contribution in [2.24, 2.45) is 0 Å². The Labute approximate surface area is 144 Å². The molecule has 0 aliphatic rings. The number of nitrogens with zero attached hydrogens (tertiary/aromatic N) is 3. The number of carboxylic acid groups (broad SMARTS) is 1. The van der Waals surface area contributed by atoms with Crippen molar-refractivity contribution in [1.29, 1.82) is 5.26 Å². The topological polar surface area (TPSA) is 86.9 Å². The van der Waals surface area contributed by atoms with Gasteiger partial charge in [-0.3, -0.25) is 4.98 Å². The fourth-order valence-electron chi connectivity index (χ4n) is 2.83. The summed E-state index contributed by atoms with van der Waals surface area (Å²) in [5.74, 6) is -1.59. The SMILES string of the molecule is N#Cc1ccc(-c2cncc3nc(C(=O)O)sc23)c2cccc(F)c12. The van der Waals surface area contributed by atoms with Crippen molar-refractivity contribution >= 4 is 38.3 Å². The van der Waals surface area contributed by atoms with Gasteiger partial charge in [0.2, 0.25) is 5.01 Å². The molecule has 0 aliphatic heterocycles. The van der Waals surface area contributed by atoms with Crippen LogP contribution < -0.4 is 0 Å². The Morgan fingerprint density at radius 3 is 2.80 bits per heavy atom. The molecule has 0 bridgehead atoms. The minimum absolute atomic E-state index is 0.0339. The standard InChI is InChI=1S/C18H8FN3O2S/c19-13-3-1-2-11-10(5-4-9(6-20)15(11)13)12-7-21-8-14-16(12)25-17(22-14)18(23)24/h1-5,7-8H,(H,23,24). The number of thiazole rings is 1. The molecule has 0 saturated carbocycles. The van der Waals surface area contributed by atoms with Gasteiger partial charge in [-0.05, 0) is 23.1 Å². The van der Waals surface area contributed by atoms with Crippen LogP contribution in [-0.4, -0.2) is 21.0 Å². The lowest BCUT2D eigenvalue weighted by Gasteiger charge is -2.09. The molecular weight excluding hydrogens is 341 g/mol. The van der Waals surface area contributed by atoms with Crippen molar-refractivity contribution in [2.45, 2.75) is 0 Å². The molecule has 0 amide bonds. The first-order valence-corrected chi connectivity index (χ1v) is 8.01. The van der Waals surface area contributed by atoms with E-state index in [0.29, 0.717) is 26.7 Å². The summed E-state index contributed by atoms with van der Waals surface area (Å²) in [5.41, 5.74) is 2.04. The predicted octanol–water partition coefficient (Wildman–Crippen LogP) is 4.22. The molecule has 4 rings (SSSR count). The van der Waals surface area contributed by atoms with Crippen LogP contribution >= 0.6 is 11.3 Å². The second-order valence-electron chi connectivity index (χ2n) is 5.29. The molecular formula is C18H8FN3O2S. The van der Waals surface area contributed by atoms with Gasteiger partial charge in [0.15, 0.2) is 0 Å². The van der Waals surface area contributed by atoms with Gasteiger partial charge in [-0.15, -0.1) is 11.3 Å². The Hall–Kier alpha value is -3.37. The van der Waals surface area contributed by atoms with Gasteiger partial charge >= 0.3 is 5.97 Å². The summed E-state index contributed by atoms with van der Waals surface area (Å²) in [7, 11) is 0. The lowest BCUT2D eigenvalue weighted by molar-refractivity contribution is 0.0696. The monoisotopic (exact) mass is 349 g/mol. The van der Waals surface area contributed by atoms with Gasteiger partial charge in [0.1, 0.15) is 11.3 Å². The summed E-state index contributed by atoms with van der Waals surface area (Å²) in [6.45, 7) is 0. The Kier molecular flexibility index (Phi) is 3.41. The molecule has 25 heavy (non-hydrogen) atoms. The van der Waals surface area contributed by atoms with E-state index in [9.17, 15) is 14.4 Å². The van der Waals surface area contributed by atoms with Crippen molar-refractivity contribution < 1.29 is 14.3 Å². The number of aromatic nitrogens is 2. The van der Waals surface area contributed by atoms with Gasteiger partial charge < -0.3 is 5.11 Å². The number of carboxylic acids is 1. The summed E-state index contributed by atoms with van der Waals surface area (Å²) in [6, 6.07) is 9.89. The summed E-state index contributed by atoms with van der Waals surface area (Å²) in [4.78, 5) is 19.4. The van der Waals surface area contributed by atoms with Gasteiger partial charge in [0.05, 0.1) is 22.5 Å². The molecule has 1 N–H and O–H groups in total. The lowest BCUT2D eigenvalue weighted by Crippen LogP contribution is -1.93. The molecule has 120 valence electrons. The van der Waals surface area contributed by atoms with Gasteiger partial charge in [-0.1, -0.05) is 18.2 Å². The van der Waals surface area contributed by atoms with Crippen LogP contribution in [0.1, 0.15) is 15.4 Å². The number of fused-ring (bicyclic) bond motifs is 2. The van der Waals surface area contributed by atoms with Crippen molar-refractivity contribution in [2.75, 3.05) is 0 Å². The molecule has 7 heteroatoms. The molecule has 2 aromatic heterocycles. The van der Waals surface area contributed by atoms with E-state index >= 15 is 0 Å². The number of rotatable bonds is 2. The van der Waals surface area contributed by atoms with Crippen LogP contribution in [0.5, 0.6) is 0 Å². The van der Waals surface area contributed by atoms with Crippen LogP contribution in [-0.2, 0) is 0 Å². The molecule has 5 nitrogen and oxygen atoms in total. The zero-order chi connectivity index (χ0) is 17.6. The maximum absolute atomic E-state index is 14.3. The van der Waals surface area contributed by atoms with Crippen molar-refractivity contribution in [3.05, 3.63) is 59.1 Å². The van der Waals surface area contributed by atoms with Crippen LogP contribution in [0.3, 0.4) is 0 Å². The van der Waals surface area contributed by atoms with Crippen LogP contribution in [0, 0.1) is 17.1 Å².